The number of halogens is 1. The van der Waals surface area contributed by atoms with Gasteiger partial charge in [-0.1, -0.05) is 36.7 Å². The van der Waals surface area contributed by atoms with Crippen LogP contribution >= 0.6 is 15.9 Å². The average Bonchev–Trinajstić information content (AvgIpc) is 1.76. The van der Waals surface area contributed by atoms with Crippen LogP contribution in [0.25, 0.3) is 0 Å². The van der Waals surface area contributed by atoms with Crippen LogP contribution in [0.4, 0.5) is 0 Å². The molecule has 0 rings (SSSR count). The van der Waals surface area contributed by atoms with E-state index >= 15 is 0 Å². The van der Waals surface area contributed by atoms with Gasteiger partial charge >= 0.3 is 0 Å². The number of hydrogen-bond donors (Lipinski definition) is 1. The summed E-state index contributed by atoms with van der Waals surface area (Å²) in [4.78, 5) is 11.8. The Labute approximate surface area is 102 Å². The molecular formula is C12H24BrNO. The van der Waals surface area contributed by atoms with Gasteiger partial charge in [0.05, 0.1) is 4.32 Å². The van der Waals surface area contributed by atoms with E-state index in [0.29, 0.717) is 0 Å². The lowest BCUT2D eigenvalue weighted by Crippen LogP contribution is -2.51. The van der Waals surface area contributed by atoms with Gasteiger partial charge in [-0.3, -0.25) is 4.79 Å². The highest BCUT2D eigenvalue weighted by atomic mass is 79.9. The zero-order chi connectivity index (χ0) is 12.5. The van der Waals surface area contributed by atoms with Crippen molar-refractivity contribution in [1.82, 2.24) is 5.32 Å². The van der Waals surface area contributed by atoms with E-state index in [-0.39, 0.29) is 16.9 Å². The predicted octanol–water partition coefficient (Wildman–Crippen LogP) is 3.49. The van der Waals surface area contributed by atoms with Crippen molar-refractivity contribution >= 4 is 21.8 Å². The fourth-order valence-corrected chi connectivity index (χ4v) is 1.93. The van der Waals surface area contributed by atoms with E-state index in [1.165, 1.54) is 0 Å². The molecular weight excluding hydrogens is 254 g/mol. The van der Waals surface area contributed by atoms with Gasteiger partial charge < -0.3 is 5.32 Å². The van der Waals surface area contributed by atoms with E-state index < -0.39 is 4.32 Å². The first-order chi connectivity index (χ1) is 6.33. The molecule has 0 atom stereocenters. The Morgan fingerprint density at radius 3 is 1.73 bits per heavy atom. The smallest absolute Gasteiger partial charge is 0.236 e. The summed E-state index contributed by atoms with van der Waals surface area (Å²) in [6.07, 6.45) is 0.953. The number of nitrogens with one attached hydrogen (secondary N) is 1. The highest BCUT2D eigenvalue weighted by molar-refractivity contribution is 9.10. The largest absolute Gasteiger partial charge is 0.350 e. The maximum absolute atomic E-state index is 11.8. The van der Waals surface area contributed by atoms with Crippen molar-refractivity contribution in [2.75, 3.05) is 0 Å². The van der Waals surface area contributed by atoms with Gasteiger partial charge in [0, 0.05) is 5.54 Å². The number of alkyl halides is 1. The summed E-state index contributed by atoms with van der Waals surface area (Å²) in [5.74, 6) is 0.0387. The van der Waals surface area contributed by atoms with Gasteiger partial charge in [-0.2, -0.15) is 0 Å². The molecule has 0 fully saturated rings. The van der Waals surface area contributed by atoms with E-state index in [4.69, 9.17) is 0 Å². The number of carbonyl (C=O) groups excluding carboxylic acids is 1. The Balaban J connectivity index is 4.46. The predicted molar refractivity (Wildman–Crippen MR) is 69.3 cm³/mol. The first-order valence-electron chi connectivity index (χ1n) is 5.35. The second kappa shape index (κ2) is 4.44. The molecule has 0 aromatic rings. The van der Waals surface area contributed by atoms with Crippen molar-refractivity contribution < 1.29 is 4.79 Å². The number of carbonyl (C=O) groups is 1. The summed E-state index contributed by atoms with van der Waals surface area (Å²) in [7, 11) is 0. The van der Waals surface area contributed by atoms with Gasteiger partial charge in [0.25, 0.3) is 0 Å². The number of hydrogen-bond acceptors (Lipinski definition) is 1. The van der Waals surface area contributed by atoms with Crippen molar-refractivity contribution in [3.63, 3.8) is 0 Å². The van der Waals surface area contributed by atoms with Crippen LogP contribution in [0.5, 0.6) is 0 Å². The third-order valence-corrected chi connectivity index (χ3v) is 2.32. The van der Waals surface area contributed by atoms with Crippen molar-refractivity contribution in [2.24, 2.45) is 5.41 Å². The molecule has 0 bridgehead atoms. The molecule has 0 spiro atoms. The minimum absolute atomic E-state index is 0.0387. The minimum atomic E-state index is -0.498. The number of rotatable bonds is 3. The molecule has 0 aromatic heterocycles. The van der Waals surface area contributed by atoms with E-state index in [9.17, 15) is 4.79 Å². The summed E-state index contributed by atoms with van der Waals surface area (Å²) in [6, 6.07) is 0. The molecule has 0 unspecified atom stereocenters. The standard InChI is InChI=1S/C12H24BrNO/c1-10(2,3)8-11(4,5)14-9(15)12(6,7)13/h8H2,1-7H3,(H,14,15). The summed E-state index contributed by atoms with van der Waals surface area (Å²) in [5, 5.41) is 3.07. The number of amides is 1. The van der Waals surface area contributed by atoms with Gasteiger partial charge in [-0.25, -0.2) is 0 Å². The maximum atomic E-state index is 11.8. The van der Waals surface area contributed by atoms with Crippen LogP contribution in [0.1, 0.15) is 54.9 Å². The molecule has 1 N–H and O–H groups in total. The lowest BCUT2D eigenvalue weighted by atomic mass is 9.81. The van der Waals surface area contributed by atoms with E-state index in [1.54, 1.807) is 0 Å². The Bertz CT molecular complexity index is 233. The average molecular weight is 278 g/mol. The SMILES string of the molecule is CC(C)(C)CC(C)(C)NC(=O)C(C)(C)Br. The monoisotopic (exact) mass is 277 g/mol. The fraction of sp³-hybridized carbons (Fsp3) is 0.917. The van der Waals surface area contributed by atoms with E-state index in [2.05, 4.69) is 55.9 Å². The molecule has 3 heteroatoms. The lowest BCUT2D eigenvalue weighted by molar-refractivity contribution is -0.124. The summed E-state index contributed by atoms with van der Waals surface area (Å²) < 4.78 is -0.498. The van der Waals surface area contributed by atoms with Crippen LogP contribution in [-0.2, 0) is 4.79 Å². The second-order valence-electron chi connectivity index (χ2n) is 6.55. The molecule has 0 heterocycles. The van der Waals surface area contributed by atoms with Crippen molar-refractivity contribution in [3.8, 4) is 0 Å². The molecule has 0 aliphatic rings. The van der Waals surface area contributed by atoms with Crippen molar-refractivity contribution in [2.45, 2.75) is 64.8 Å². The molecule has 90 valence electrons. The molecule has 0 aliphatic heterocycles. The summed E-state index contributed by atoms with van der Waals surface area (Å²) >= 11 is 3.36. The highest BCUT2D eigenvalue weighted by Crippen LogP contribution is 2.28. The van der Waals surface area contributed by atoms with Crippen LogP contribution in [0.15, 0.2) is 0 Å². The Morgan fingerprint density at radius 1 is 1.07 bits per heavy atom. The summed E-state index contributed by atoms with van der Waals surface area (Å²) in [5.41, 5.74) is 0.0492. The van der Waals surface area contributed by atoms with Crippen molar-refractivity contribution in [3.05, 3.63) is 0 Å². The zero-order valence-corrected chi connectivity index (χ0v) is 12.6. The topological polar surface area (TPSA) is 29.1 Å². The molecule has 0 saturated heterocycles. The maximum Gasteiger partial charge on any atom is 0.236 e. The van der Waals surface area contributed by atoms with Crippen molar-refractivity contribution in [1.29, 1.82) is 0 Å². The summed E-state index contributed by atoms with van der Waals surface area (Å²) in [6.45, 7) is 14.4. The molecule has 15 heavy (non-hydrogen) atoms. The highest BCUT2D eigenvalue weighted by Gasteiger charge is 2.32. The van der Waals surface area contributed by atoms with Gasteiger partial charge in [-0.15, -0.1) is 0 Å². The Kier molecular flexibility index (Phi) is 4.43. The third-order valence-electron chi connectivity index (χ3n) is 1.96. The molecule has 0 saturated carbocycles. The van der Waals surface area contributed by atoms with Crippen LogP contribution in [0, 0.1) is 5.41 Å². The van der Waals surface area contributed by atoms with Crippen LogP contribution in [-0.4, -0.2) is 15.8 Å². The van der Waals surface area contributed by atoms with Gasteiger partial charge in [0.2, 0.25) is 5.91 Å². The zero-order valence-electron chi connectivity index (χ0n) is 11.0. The fourth-order valence-electron chi connectivity index (χ4n) is 1.83. The Morgan fingerprint density at radius 2 is 1.47 bits per heavy atom. The van der Waals surface area contributed by atoms with E-state index in [1.807, 2.05) is 13.8 Å². The Hall–Kier alpha value is -0.0500. The van der Waals surface area contributed by atoms with Gasteiger partial charge in [-0.05, 0) is 39.5 Å². The quantitative estimate of drug-likeness (QED) is 0.787. The van der Waals surface area contributed by atoms with Gasteiger partial charge in [0.15, 0.2) is 0 Å². The third kappa shape index (κ3) is 6.93. The molecule has 0 aromatic carbocycles. The first kappa shape index (κ1) is 14.9. The second-order valence-corrected chi connectivity index (χ2v) is 8.53. The molecule has 2 nitrogen and oxygen atoms in total. The van der Waals surface area contributed by atoms with Gasteiger partial charge in [0.1, 0.15) is 0 Å². The first-order valence-corrected chi connectivity index (χ1v) is 6.14. The molecule has 0 aliphatic carbocycles. The lowest BCUT2D eigenvalue weighted by Gasteiger charge is -2.35. The molecule has 1 amide bonds. The van der Waals surface area contributed by atoms with Crippen LogP contribution in [0.2, 0.25) is 0 Å². The van der Waals surface area contributed by atoms with Crippen LogP contribution in [0.3, 0.4) is 0 Å². The van der Waals surface area contributed by atoms with E-state index in [0.717, 1.165) is 6.42 Å². The normalized spacial score (nSPS) is 13.9. The van der Waals surface area contributed by atoms with Crippen LogP contribution < -0.4 is 5.32 Å². The molecule has 0 radical (unpaired) electrons. The minimum Gasteiger partial charge on any atom is -0.350 e.